The van der Waals surface area contributed by atoms with Crippen LogP contribution in [0, 0.1) is 0 Å². The lowest BCUT2D eigenvalue weighted by molar-refractivity contribution is 0.0265. The van der Waals surface area contributed by atoms with Gasteiger partial charge in [0.05, 0.1) is 12.1 Å². The Kier molecular flexibility index (Phi) is 9.23. The Hall–Kier alpha value is -5.50. The molecule has 1 aliphatic carbocycles. The van der Waals surface area contributed by atoms with E-state index in [0.29, 0.717) is 25.9 Å². The van der Waals surface area contributed by atoms with Gasteiger partial charge in [-0.05, 0) is 127 Å². The number of fused-ring (bicyclic) bond motifs is 2. The van der Waals surface area contributed by atoms with E-state index in [-0.39, 0.29) is 36.7 Å². The summed E-state index contributed by atoms with van der Waals surface area (Å²) in [6.45, 7) is 7.23. The Morgan fingerprint density at radius 1 is 0.774 bits per heavy atom. The number of ether oxygens (including phenoxy) is 2. The third-order valence-electron chi connectivity index (χ3n) is 10.8. The lowest BCUT2D eigenvalue weighted by Gasteiger charge is -2.28. The first-order valence-corrected chi connectivity index (χ1v) is 18.7. The molecule has 1 unspecified atom stereocenters. The van der Waals surface area contributed by atoms with Crippen LogP contribution in [-0.2, 0) is 22.5 Å². The Morgan fingerprint density at radius 2 is 1.43 bits per heavy atom. The Labute approximate surface area is 310 Å². The first-order chi connectivity index (χ1) is 25.6. The molecule has 4 aromatic carbocycles. The second kappa shape index (κ2) is 14.1. The third kappa shape index (κ3) is 7.28. The highest BCUT2D eigenvalue weighted by Crippen LogP contribution is 2.36. The summed E-state index contributed by atoms with van der Waals surface area (Å²) in [5.74, 6) is -0.0173. The van der Waals surface area contributed by atoms with Gasteiger partial charge in [-0.2, -0.15) is 0 Å². The maximum absolute atomic E-state index is 13.6. The Bertz CT molecular complexity index is 2190. The molecule has 53 heavy (non-hydrogen) atoms. The van der Waals surface area contributed by atoms with Crippen molar-refractivity contribution in [2.24, 2.45) is 4.99 Å². The van der Waals surface area contributed by atoms with Crippen molar-refractivity contribution < 1.29 is 23.9 Å². The number of likely N-dealkylation sites (tertiary alicyclic amines) is 2. The second-order valence-electron chi connectivity index (χ2n) is 15.6. The highest BCUT2D eigenvalue weighted by Gasteiger charge is 2.37. The van der Waals surface area contributed by atoms with Gasteiger partial charge >= 0.3 is 12.2 Å². The van der Waals surface area contributed by atoms with E-state index in [1.165, 1.54) is 0 Å². The van der Waals surface area contributed by atoms with Crippen LogP contribution >= 0.6 is 0 Å². The smallest absolute Gasteiger partial charge is 0.410 e. The summed E-state index contributed by atoms with van der Waals surface area (Å²) < 4.78 is 11.3. The molecule has 2 saturated heterocycles. The van der Waals surface area contributed by atoms with Gasteiger partial charge in [-0.15, -0.1) is 0 Å². The molecule has 2 atom stereocenters. The lowest BCUT2D eigenvalue weighted by atomic mass is 9.85. The molecule has 0 radical (unpaired) electrons. The van der Waals surface area contributed by atoms with E-state index < -0.39 is 5.60 Å². The van der Waals surface area contributed by atoms with Crippen molar-refractivity contribution in [2.75, 3.05) is 13.1 Å². The molecule has 8 rings (SSSR count). The first-order valence-electron chi connectivity index (χ1n) is 18.7. The van der Waals surface area contributed by atoms with E-state index in [4.69, 9.17) is 14.5 Å². The molecule has 0 spiro atoms. The fourth-order valence-corrected chi connectivity index (χ4v) is 8.15. The largest absolute Gasteiger partial charge is 0.445 e. The molecule has 2 amide bonds. The van der Waals surface area contributed by atoms with E-state index in [1.54, 1.807) is 11.0 Å². The van der Waals surface area contributed by atoms with Crippen molar-refractivity contribution in [3.05, 3.63) is 125 Å². The molecule has 3 aliphatic heterocycles. The standard InChI is InChI=1S/C45H45N3O5/c1-45(2,3)53-44(51)48-20-8-12-41(48)39-25-37(27-46-39)33-16-15-30-21-32(14-13-31(30)22-33)34-17-18-35-23-36(26-42(49)38(35)24-34)40-11-7-19-47(40)43(50)52-28-29-9-5-4-6-10-29/h4-6,9-10,13-18,21-22,24,26-27,40-41H,7-8,11-12,19-20,23,25,28H2,1-3H3/t40?,41-/m0/s1. The zero-order valence-electron chi connectivity index (χ0n) is 30.6. The fourth-order valence-electron chi connectivity index (χ4n) is 8.15. The van der Waals surface area contributed by atoms with E-state index >= 15 is 0 Å². The van der Waals surface area contributed by atoms with Crippen LogP contribution < -0.4 is 0 Å². The van der Waals surface area contributed by atoms with Gasteiger partial charge in [0.1, 0.15) is 12.2 Å². The number of hydrogen-bond acceptors (Lipinski definition) is 6. The first kappa shape index (κ1) is 34.6. The van der Waals surface area contributed by atoms with Crippen LogP contribution in [-0.4, -0.2) is 64.3 Å². The monoisotopic (exact) mass is 707 g/mol. The highest BCUT2D eigenvalue weighted by molar-refractivity contribution is 6.08. The quantitative estimate of drug-likeness (QED) is 0.199. The van der Waals surface area contributed by atoms with Gasteiger partial charge in [0.25, 0.3) is 0 Å². The number of hydrogen-bond donors (Lipinski definition) is 0. The van der Waals surface area contributed by atoms with E-state index in [0.717, 1.165) is 86.7 Å². The Balaban J connectivity index is 0.930. The number of rotatable bonds is 6. The number of ketones is 1. The average molecular weight is 708 g/mol. The summed E-state index contributed by atoms with van der Waals surface area (Å²) in [6, 6.07) is 28.6. The molecule has 0 saturated carbocycles. The normalized spacial score (nSPS) is 19.9. The lowest BCUT2D eigenvalue weighted by Crippen LogP contribution is -2.43. The van der Waals surface area contributed by atoms with Crippen LogP contribution in [0.15, 0.2) is 108 Å². The van der Waals surface area contributed by atoms with E-state index in [1.807, 2.05) is 68.3 Å². The summed E-state index contributed by atoms with van der Waals surface area (Å²) in [5, 5.41) is 2.24. The number of carbonyl (C=O) groups is 3. The summed E-state index contributed by atoms with van der Waals surface area (Å²) in [4.78, 5) is 47.9. The second-order valence-corrected chi connectivity index (χ2v) is 15.6. The molecule has 8 nitrogen and oxygen atoms in total. The maximum Gasteiger partial charge on any atom is 0.410 e. The number of aliphatic imine (C=N–C) groups is 1. The van der Waals surface area contributed by atoms with Crippen LogP contribution in [0.3, 0.4) is 0 Å². The minimum atomic E-state index is -0.532. The molecule has 4 aromatic rings. The van der Waals surface area contributed by atoms with Gasteiger partial charge in [-0.3, -0.25) is 14.7 Å². The number of nitrogens with zero attached hydrogens (tertiary/aromatic N) is 3. The molecule has 270 valence electrons. The topological polar surface area (TPSA) is 88.5 Å². The molecular weight excluding hydrogens is 663 g/mol. The van der Waals surface area contributed by atoms with Crippen LogP contribution in [0.1, 0.15) is 79.9 Å². The van der Waals surface area contributed by atoms with Gasteiger partial charge in [-0.25, -0.2) is 9.59 Å². The number of amides is 2. The predicted octanol–water partition coefficient (Wildman–Crippen LogP) is 9.56. The van der Waals surface area contributed by atoms with Crippen molar-refractivity contribution in [1.82, 2.24) is 9.80 Å². The molecular formula is C45H45N3O5. The van der Waals surface area contributed by atoms with E-state index in [9.17, 15) is 14.4 Å². The van der Waals surface area contributed by atoms with Crippen molar-refractivity contribution in [3.8, 4) is 11.1 Å². The minimum Gasteiger partial charge on any atom is -0.445 e. The molecule has 0 N–H and O–H groups in total. The van der Waals surface area contributed by atoms with Crippen molar-refractivity contribution >= 4 is 40.0 Å². The number of allylic oxidation sites excluding steroid dienone is 2. The van der Waals surface area contributed by atoms with Crippen molar-refractivity contribution in [1.29, 1.82) is 0 Å². The van der Waals surface area contributed by atoms with Gasteiger partial charge in [0.2, 0.25) is 0 Å². The van der Waals surface area contributed by atoms with Crippen molar-refractivity contribution in [2.45, 2.75) is 83.6 Å². The molecule has 3 heterocycles. The fraction of sp³-hybridized carbons (Fsp3) is 0.333. The average Bonchev–Trinajstić information content (AvgIpc) is 3.95. The van der Waals surface area contributed by atoms with Gasteiger partial charge < -0.3 is 14.4 Å². The van der Waals surface area contributed by atoms with Gasteiger partial charge in [0.15, 0.2) is 5.78 Å². The van der Waals surface area contributed by atoms with Crippen molar-refractivity contribution in [3.63, 3.8) is 0 Å². The van der Waals surface area contributed by atoms with Crippen LogP contribution in [0.25, 0.3) is 27.5 Å². The maximum atomic E-state index is 13.6. The van der Waals surface area contributed by atoms with Crippen LogP contribution in [0.5, 0.6) is 0 Å². The summed E-state index contributed by atoms with van der Waals surface area (Å²) in [7, 11) is 0. The van der Waals surface area contributed by atoms with Gasteiger partial charge in [0, 0.05) is 37.0 Å². The molecule has 0 aromatic heterocycles. The minimum absolute atomic E-state index is 0.0173. The van der Waals surface area contributed by atoms with Crippen LogP contribution in [0.4, 0.5) is 9.59 Å². The van der Waals surface area contributed by atoms with Crippen LogP contribution in [0.2, 0.25) is 0 Å². The summed E-state index contributed by atoms with van der Waals surface area (Å²) in [6.07, 6.45) is 7.99. The predicted molar refractivity (Wildman–Crippen MR) is 208 cm³/mol. The summed E-state index contributed by atoms with van der Waals surface area (Å²) in [5.41, 5.74) is 8.43. The number of benzene rings is 4. The number of carbonyl (C=O) groups excluding carboxylic acids is 3. The highest BCUT2D eigenvalue weighted by atomic mass is 16.6. The SMILES string of the molecule is CC(C)(C)OC(=O)N1CCC[C@H]1C1=NC=C(c2ccc3cc(-c4ccc5c(c4)C(=O)C=C(C4CCCN4C(=O)OCc4ccccc4)C5)ccc3c2)C1. The van der Waals surface area contributed by atoms with E-state index in [2.05, 4.69) is 48.5 Å². The van der Waals surface area contributed by atoms with Gasteiger partial charge in [-0.1, -0.05) is 66.7 Å². The summed E-state index contributed by atoms with van der Waals surface area (Å²) >= 11 is 0. The Morgan fingerprint density at radius 3 is 2.19 bits per heavy atom. The third-order valence-corrected chi connectivity index (χ3v) is 10.8. The molecule has 2 fully saturated rings. The molecule has 0 bridgehead atoms. The molecule has 8 heteroatoms. The zero-order chi connectivity index (χ0) is 36.7. The zero-order valence-corrected chi connectivity index (χ0v) is 30.6. The molecule has 4 aliphatic rings.